The Hall–Kier alpha value is -2.87. The highest BCUT2D eigenvalue weighted by molar-refractivity contribution is 5.91. The summed E-state index contributed by atoms with van der Waals surface area (Å²) in [5.74, 6) is 0.260. The van der Waals surface area contributed by atoms with Crippen molar-refractivity contribution in [2.24, 2.45) is 0 Å². The van der Waals surface area contributed by atoms with Crippen molar-refractivity contribution in [3.8, 4) is 11.1 Å². The minimum Gasteiger partial charge on any atom is -0.383 e. The van der Waals surface area contributed by atoms with Gasteiger partial charge in [0.1, 0.15) is 17.3 Å². The molecule has 3 N–H and O–H groups in total. The Morgan fingerprint density at radius 3 is 2.70 bits per heavy atom. The molecule has 1 radical (unpaired) electrons. The fourth-order valence-corrected chi connectivity index (χ4v) is 2.75. The lowest BCUT2D eigenvalue weighted by atomic mass is 10.0. The average molecular weight is 375 g/mol. The Morgan fingerprint density at radius 1 is 1.22 bits per heavy atom. The summed E-state index contributed by atoms with van der Waals surface area (Å²) in [4.78, 5) is 8.08. The van der Waals surface area contributed by atoms with Crippen molar-refractivity contribution >= 4 is 22.5 Å². The van der Waals surface area contributed by atoms with Crippen molar-refractivity contribution in [1.29, 1.82) is 0 Å². The normalized spacial score (nSPS) is 12.9. The fraction of sp³-hybridized carbons (Fsp3) is 0.263. The zero-order valence-electron chi connectivity index (χ0n) is 14.8. The van der Waals surface area contributed by atoms with E-state index in [4.69, 9.17) is 10.5 Å². The molecular formula is C19H18F3N4O. The Morgan fingerprint density at radius 2 is 2.00 bits per heavy atom. The summed E-state index contributed by atoms with van der Waals surface area (Å²) in [5, 5.41) is 3.75. The lowest BCUT2D eigenvalue weighted by Crippen LogP contribution is -2.23. The fourth-order valence-electron chi connectivity index (χ4n) is 2.75. The Bertz CT molecular complexity index is 959. The molecular weight excluding hydrogens is 357 g/mol. The Labute approximate surface area is 154 Å². The van der Waals surface area contributed by atoms with Crippen LogP contribution < -0.4 is 11.1 Å². The molecule has 0 spiro atoms. The molecule has 0 amide bonds. The van der Waals surface area contributed by atoms with Crippen LogP contribution in [0, 0.1) is 6.07 Å². The van der Waals surface area contributed by atoms with Gasteiger partial charge in [-0.15, -0.1) is 0 Å². The number of methoxy groups -OCH3 is 1. The number of hydrogen-bond donors (Lipinski definition) is 2. The van der Waals surface area contributed by atoms with E-state index in [1.165, 1.54) is 13.2 Å². The third-order valence-electron chi connectivity index (χ3n) is 3.95. The number of nitrogens with one attached hydrogen (secondary N) is 1. The van der Waals surface area contributed by atoms with Gasteiger partial charge < -0.3 is 15.8 Å². The zero-order chi connectivity index (χ0) is 19.6. The number of rotatable bonds is 5. The van der Waals surface area contributed by atoms with Crippen LogP contribution in [0.5, 0.6) is 0 Å². The molecule has 0 bridgehead atoms. The number of benzene rings is 1. The number of aromatic nitrogens is 2. The molecule has 1 aromatic carbocycles. The van der Waals surface area contributed by atoms with Gasteiger partial charge in [-0.25, -0.2) is 9.97 Å². The van der Waals surface area contributed by atoms with Crippen molar-refractivity contribution in [3.63, 3.8) is 0 Å². The number of anilines is 2. The lowest BCUT2D eigenvalue weighted by Gasteiger charge is -2.19. The molecule has 8 heteroatoms. The standard InChI is InChI=1S/C19H18F3N4O/c1-11(10-27-2)24-18-13(7-8-16(26-18)19(20,21)22)14-9-12-5-3-4-6-15(12)25-17(14)23/h3-5,7-9,11H,10H2,1-2H3,(H2,23,25)(H,24,26). The molecule has 1 unspecified atom stereocenters. The summed E-state index contributed by atoms with van der Waals surface area (Å²) in [5.41, 5.74) is 6.59. The molecule has 141 valence electrons. The summed E-state index contributed by atoms with van der Waals surface area (Å²) < 4.78 is 44.4. The maximum atomic E-state index is 13.1. The van der Waals surface area contributed by atoms with E-state index < -0.39 is 11.9 Å². The van der Waals surface area contributed by atoms with Crippen LogP contribution in [0.2, 0.25) is 0 Å². The topological polar surface area (TPSA) is 73.1 Å². The predicted octanol–water partition coefficient (Wildman–Crippen LogP) is 4.14. The van der Waals surface area contributed by atoms with E-state index in [1.54, 1.807) is 25.1 Å². The van der Waals surface area contributed by atoms with Crippen LogP contribution in [0.4, 0.5) is 24.8 Å². The first-order valence-electron chi connectivity index (χ1n) is 8.20. The number of alkyl halides is 3. The minimum atomic E-state index is -4.55. The van der Waals surface area contributed by atoms with Gasteiger partial charge in [0, 0.05) is 35.7 Å². The molecule has 27 heavy (non-hydrogen) atoms. The predicted molar refractivity (Wildman–Crippen MR) is 98.2 cm³/mol. The van der Waals surface area contributed by atoms with E-state index in [0.717, 1.165) is 11.5 Å². The smallest absolute Gasteiger partial charge is 0.383 e. The van der Waals surface area contributed by atoms with Crippen molar-refractivity contribution in [2.75, 3.05) is 24.8 Å². The summed E-state index contributed by atoms with van der Waals surface area (Å²) in [6.45, 7) is 2.09. The van der Waals surface area contributed by atoms with Crippen molar-refractivity contribution in [2.45, 2.75) is 19.1 Å². The van der Waals surface area contributed by atoms with Gasteiger partial charge in [0.05, 0.1) is 12.1 Å². The van der Waals surface area contributed by atoms with Crippen LogP contribution in [0.15, 0.2) is 36.4 Å². The van der Waals surface area contributed by atoms with Gasteiger partial charge in [-0.3, -0.25) is 0 Å². The maximum Gasteiger partial charge on any atom is 0.433 e. The number of para-hydroxylation sites is 1. The van der Waals surface area contributed by atoms with Crippen LogP contribution in [-0.4, -0.2) is 29.7 Å². The van der Waals surface area contributed by atoms with E-state index in [0.29, 0.717) is 23.3 Å². The molecule has 3 rings (SSSR count). The molecule has 0 aliphatic carbocycles. The van der Waals surface area contributed by atoms with Gasteiger partial charge >= 0.3 is 6.18 Å². The highest BCUT2D eigenvalue weighted by Crippen LogP contribution is 2.36. The van der Waals surface area contributed by atoms with Crippen molar-refractivity contribution in [3.05, 3.63) is 48.2 Å². The second-order valence-electron chi connectivity index (χ2n) is 6.12. The Balaban J connectivity index is 2.15. The van der Waals surface area contributed by atoms with E-state index in [9.17, 15) is 13.2 Å². The van der Waals surface area contributed by atoms with Gasteiger partial charge in [0.25, 0.3) is 0 Å². The third-order valence-corrected chi connectivity index (χ3v) is 3.95. The van der Waals surface area contributed by atoms with Gasteiger partial charge in [-0.1, -0.05) is 18.2 Å². The van der Waals surface area contributed by atoms with E-state index in [-0.39, 0.29) is 17.7 Å². The van der Waals surface area contributed by atoms with Crippen LogP contribution in [0.25, 0.3) is 22.0 Å². The minimum absolute atomic E-state index is 0.0714. The van der Waals surface area contributed by atoms with E-state index in [2.05, 4.69) is 21.4 Å². The molecule has 0 saturated heterocycles. The van der Waals surface area contributed by atoms with Crippen LogP contribution >= 0.6 is 0 Å². The lowest BCUT2D eigenvalue weighted by molar-refractivity contribution is -0.141. The first-order chi connectivity index (χ1) is 12.8. The molecule has 1 atom stereocenters. The number of nitrogens with zero attached hydrogens (tertiary/aromatic N) is 2. The first-order valence-corrected chi connectivity index (χ1v) is 8.20. The van der Waals surface area contributed by atoms with Gasteiger partial charge in [-0.2, -0.15) is 13.2 Å². The highest BCUT2D eigenvalue weighted by Gasteiger charge is 2.33. The van der Waals surface area contributed by atoms with Gasteiger partial charge in [0.15, 0.2) is 0 Å². The van der Waals surface area contributed by atoms with Crippen LogP contribution in [0.3, 0.4) is 0 Å². The second-order valence-corrected chi connectivity index (χ2v) is 6.12. The number of halogens is 3. The number of hydrogen-bond acceptors (Lipinski definition) is 5. The molecule has 0 fully saturated rings. The molecule has 2 heterocycles. The largest absolute Gasteiger partial charge is 0.433 e. The molecule has 3 aromatic rings. The summed E-state index contributed by atoms with van der Waals surface area (Å²) in [6, 6.07) is 12.1. The molecule has 5 nitrogen and oxygen atoms in total. The first kappa shape index (κ1) is 18.9. The highest BCUT2D eigenvalue weighted by atomic mass is 19.4. The molecule has 2 aromatic heterocycles. The maximum absolute atomic E-state index is 13.1. The SMILES string of the molecule is COCC(C)Nc1nc(C(F)(F)F)ccc1-c1cc2ccc[c]c2nc1N. The Kier molecular flexibility index (Phi) is 5.18. The third kappa shape index (κ3) is 4.11. The summed E-state index contributed by atoms with van der Waals surface area (Å²) in [6.07, 6.45) is -4.55. The number of nitrogens with two attached hydrogens (primary N) is 1. The molecule has 0 aliphatic rings. The molecule has 0 aliphatic heterocycles. The number of ether oxygens (including phenoxy) is 1. The van der Waals surface area contributed by atoms with Gasteiger partial charge in [0.2, 0.25) is 0 Å². The monoisotopic (exact) mass is 375 g/mol. The number of fused-ring (bicyclic) bond motifs is 1. The number of nitrogen functional groups attached to an aromatic ring is 1. The van der Waals surface area contributed by atoms with E-state index >= 15 is 0 Å². The number of pyridine rings is 2. The zero-order valence-corrected chi connectivity index (χ0v) is 14.8. The van der Waals surface area contributed by atoms with Crippen molar-refractivity contribution in [1.82, 2.24) is 9.97 Å². The van der Waals surface area contributed by atoms with Gasteiger partial charge in [-0.05, 0) is 25.1 Å². The van der Waals surface area contributed by atoms with Crippen LogP contribution in [0.1, 0.15) is 12.6 Å². The molecule has 0 saturated carbocycles. The van der Waals surface area contributed by atoms with Crippen LogP contribution in [-0.2, 0) is 10.9 Å². The van der Waals surface area contributed by atoms with Crippen molar-refractivity contribution < 1.29 is 17.9 Å². The second kappa shape index (κ2) is 7.40. The summed E-state index contributed by atoms with van der Waals surface area (Å²) in [7, 11) is 1.51. The quantitative estimate of drug-likeness (QED) is 0.701. The summed E-state index contributed by atoms with van der Waals surface area (Å²) >= 11 is 0. The van der Waals surface area contributed by atoms with E-state index in [1.807, 2.05) is 6.07 Å². The average Bonchev–Trinajstić information content (AvgIpc) is 2.60.